The molecule has 2 rings (SSSR count). The van der Waals surface area contributed by atoms with Gasteiger partial charge in [-0.15, -0.1) is 11.7 Å². The van der Waals surface area contributed by atoms with Crippen molar-refractivity contribution in [2.24, 2.45) is 0 Å². The van der Waals surface area contributed by atoms with Crippen LogP contribution in [0.25, 0.3) is 0 Å². The Hall–Kier alpha value is -2.29. The highest BCUT2D eigenvalue weighted by molar-refractivity contribution is 7.99. The molecule has 1 heterocycles. The SMILES string of the molecule is C=CCn1nnnc1SCC(=O)Nc1cc(F)ccc1F. The molecule has 110 valence electrons. The summed E-state index contributed by atoms with van der Waals surface area (Å²) < 4.78 is 27.8. The highest BCUT2D eigenvalue weighted by Crippen LogP contribution is 2.17. The Labute approximate surface area is 123 Å². The van der Waals surface area contributed by atoms with E-state index >= 15 is 0 Å². The van der Waals surface area contributed by atoms with Gasteiger partial charge < -0.3 is 5.32 Å². The molecule has 0 aliphatic heterocycles. The van der Waals surface area contributed by atoms with E-state index in [2.05, 4.69) is 27.4 Å². The summed E-state index contributed by atoms with van der Waals surface area (Å²) in [7, 11) is 0. The topological polar surface area (TPSA) is 72.7 Å². The minimum absolute atomic E-state index is 0.0343. The van der Waals surface area contributed by atoms with Crippen molar-refractivity contribution < 1.29 is 13.6 Å². The van der Waals surface area contributed by atoms with Crippen LogP contribution in [0.2, 0.25) is 0 Å². The summed E-state index contributed by atoms with van der Waals surface area (Å²) in [5.41, 5.74) is -0.203. The molecular weight excluding hydrogens is 300 g/mol. The van der Waals surface area contributed by atoms with Crippen molar-refractivity contribution in [1.29, 1.82) is 0 Å². The van der Waals surface area contributed by atoms with Crippen LogP contribution in [0, 0.1) is 11.6 Å². The number of thioether (sulfide) groups is 1. The Morgan fingerprint density at radius 3 is 3.05 bits per heavy atom. The molecule has 21 heavy (non-hydrogen) atoms. The van der Waals surface area contributed by atoms with Crippen LogP contribution in [0.15, 0.2) is 36.0 Å². The van der Waals surface area contributed by atoms with Crippen LogP contribution < -0.4 is 5.32 Å². The summed E-state index contributed by atoms with van der Waals surface area (Å²) in [6, 6.07) is 2.84. The number of amides is 1. The van der Waals surface area contributed by atoms with Crippen molar-refractivity contribution in [3.8, 4) is 0 Å². The molecule has 0 spiro atoms. The van der Waals surface area contributed by atoms with Crippen LogP contribution >= 0.6 is 11.8 Å². The van der Waals surface area contributed by atoms with Gasteiger partial charge in [0.2, 0.25) is 11.1 Å². The summed E-state index contributed by atoms with van der Waals surface area (Å²) in [4.78, 5) is 11.7. The van der Waals surface area contributed by atoms with Crippen molar-refractivity contribution >= 4 is 23.4 Å². The lowest BCUT2D eigenvalue weighted by Gasteiger charge is -2.06. The van der Waals surface area contributed by atoms with Crippen molar-refractivity contribution in [2.75, 3.05) is 11.1 Å². The lowest BCUT2D eigenvalue weighted by atomic mass is 10.3. The minimum atomic E-state index is -0.703. The number of carbonyl (C=O) groups excluding carboxylic acids is 1. The van der Waals surface area contributed by atoms with Gasteiger partial charge in [0.15, 0.2) is 0 Å². The highest BCUT2D eigenvalue weighted by atomic mass is 32.2. The van der Waals surface area contributed by atoms with Crippen molar-refractivity contribution in [3.05, 3.63) is 42.5 Å². The molecule has 9 heteroatoms. The van der Waals surface area contributed by atoms with Crippen LogP contribution in [0.5, 0.6) is 0 Å². The van der Waals surface area contributed by atoms with Crippen LogP contribution in [0.4, 0.5) is 14.5 Å². The number of rotatable bonds is 6. The Balaban J connectivity index is 1.94. The van der Waals surface area contributed by atoms with Gasteiger partial charge in [-0.3, -0.25) is 4.79 Å². The molecule has 0 saturated heterocycles. The first-order valence-electron chi connectivity index (χ1n) is 5.85. The molecule has 6 nitrogen and oxygen atoms in total. The number of benzene rings is 1. The molecule has 0 saturated carbocycles. The number of halogens is 2. The van der Waals surface area contributed by atoms with Crippen LogP contribution in [0.3, 0.4) is 0 Å². The Morgan fingerprint density at radius 1 is 1.48 bits per heavy atom. The molecule has 0 atom stereocenters. The Bertz CT molecular complexity index is 661. The number of carbonyl (C=O) groups is 1. The number of allylic oxidation sites excluding steroid dienone is 1. The number of nitrogens with zero attached hydrogens (tertiary/aromatic N) is 4. The fourth-order valence-corrected chi connectivity index (χ4v) is 2.13. The molecule has 1 amide bonds. The first-order chi connectivity index (χ1) is 10.1. The normalized spacial score (nSPS) is 10.4. The minimum Gasteiger partial charge on any atom is -0.323 e. The summed E-state index contributed by atoms with van der Waals surface area (Å²) >= 11 is 1.08. The average molecular weight is 311 g/mol. The molecule has 0 aliphatic carbocycles. The zero-order chi connectivity index (χ0) is 15.2. The standard InChI is InChI=1S/C12H11F2N5OS/c1-2-5-19-12(16-17-18-19)21-7-11(20)15-10-6-8(13)3-4-9(10)14/h2-4,6H,1,5,7H2,(H,15,20). The largest absolute Gasteiger partial charge is 0.323 e. The summed E-state index contributed by atoms with van der Waals surface area (Å²) in [6.07, 6.45) is 1.61. The Morgan fingerprint density at radius 2 is 2.29 bits per heavy atom. The van der Waals surface area contributed by atoms with Gasteiger partial charge in [-0.05, 0) is 22.6 Å². The van der Waals surface area contributed by atoms with Gasteiger partial charge in [-0.2, -0.15) is 0 Å². The number of nitrogens with one attached hydrogen (secondary N) is 1. The molecule has 0 radical (unpaired) electrons. The van der Waals surface area contributed by atoms with Crippen molar-refractivity contribution in [2.45, 2.75) is 11.7 Å². The van der Waals surface area contributed by atoms with E-state index in [9.17, 15) is 13.6 Å². The fraction of sp³-hybridized carbons (Fsp3) is 0.167. The van der Waals surface area contributed by atoms with Gasteiger partial charge in [-0.25, -0.2) is 13.5 Å². The Kier molecular flexibility index (Phi) is 4.99. The number of hydrogen-bond acceptors (Lipinski definition) is 5. The molecule has 1 aromatic heterocycles. The van der Waals surface area contributed by atoms with E-state index in [-0.39, 0.29) is 11.4 Å². The maximum absolute atomic E-state index is 13.4. The lowest BCUT2D eigenvalue weighted by Crippen LogP contribution is -2.15. The smallest absolute Gasteiger partial charge is 0.234 e. The summed E-state index contributed by atoms with van der Waals surface area (Å²) in [5, 5.41) is 13.7. The molecular formula is C12H11F2N5OS. The summed E-state index contributed by atoms with van der Waals surface area (Å²) in [5.74, 6) is -1.86. The van der Waals surface area contributed by atoms with Gasteiger partial charge in [0.05, 0.1) is 18.0 Å². The zero-order valence-corrected chi connectivity index (χ0v) is 11.6. The van der Waals surface area contributed by atoms with Gasteiger partial charge in [0.1, 0.15) is 11.6 Å². The predicted molar refractivity (Wildman–Crippen MR) is 73.7 cm³/mol. The first kappa shape index (κ1) is 15.1. The van der Waals surface area contributed by atoms with Gasteiger partial charge >= 0.3 is 0 Å². The van der Waals surface area contributed by atoms with Crippen molar-refractivity contribution in [1.82, 2.24) is 20.2 Å². The quantitative estimate of drug-likeness (QED) is 0.651. The molecule has 0 bridgehead atoms. The van der Waals surface area contributed by atoms with Crippen LogP contribution in [0.1, 0.15) is 0 Å². The van der Waals surface area contributed by atoms with E-state index in [1.165, 1.54) is 4.68 Å². The van der Waals surface area contributed by atoms with E-state index in [0.717, 1.165) is 30.0 Å². The second-order valence-electron chi connectivity index (χ2n) is 3.89. The van der Waals surface area contributed by atoms with E-state index < -0.39 is 17.5 Å². The zero-order valence-electron chi connectivity index (χ0n) is 10.8. The third-order valence-corrected chi connectivity index (χ3v) is 3.29. The maximum Gasteiger partial charge on any atom is 0.234 e. The fourth-order valence-electron chi connectivity index (χ4n) is 1.45. The molecule has 0 fully saturated rings. The number of hydrogen-bond donors (Lipinski definition) is 1. The first-order valence-corrected chi connectivity index (χ1v) is 6.83. The van der Waals surface area contributed by atoms with Gasteiger partial charge in [0.25, 0.3) is 0 Å². The second-order valence-corrected chi connectivity index (χ2v) is 4.84. The number of anilines is 1. The van der Waals surface area contributed by atoms with Gasteiger partial charge in [0, 0.05) is 6.07 Å². The second kappa shape index (κ2) is 6.93. The van der Waals surface area contributed by atoms with Crippen LogP contribution in [-0.4, -0.2) is 31.9 Å². The summed E-state index contributed by atoms with van der Waals surface area (Å²) in [6.45, 7) is 3.98. The van der Waals surface area contributed by atoms with Crippen molar-refractivity contribution in [3.63, 3.8) is 0 Å². The molecule has 0 unspecified atom stereocenters. The number of aromatic nitrogens is 4. The van der Waals surface area contributed by atoms with Crippen LogP contribution in [-0.2, 0) is 11.3 Å². The molecule has 1 aromatic carbocycles. The monoisotopic (exact) mass is 311 g/mol. The third-order valence-electron chi connectivity index (χ3n) is 2.34. The third kappa shape index (κ3) is 4.09. The van der Waals surface area contributed by atoms with E-state index in [1.54, 1.807) is 6.08 Å². The predicted octanol–water partition coefficient (Wildman–Crippen LogP) is 1.87. The number of tetrazole rings is 1. The molecule has 2 aromatic rings. The molecule has 1 N–H and O–H groups in total. The lowest BCUT2D eigenvalue weighted by molar-refractivity contribution is -0.113. The van der Waals surface area contributed by atoms with Gasteiger partial charge in [-0.1, -0.05) is 17.8 Å². The van der Waals surface area contributed by atoms with E-state index in [4.69, 9.17) is 0 Å². The highest BCUT2D eigenvalue weighted by Gasteiger charge is 2.11. The maximum atomic E-state index is 13.4. The molecule has 0 aliphatic rings. The van der Waals surface area contributed by atoms with E-state index in [1.807, 2.05) is 0 Å². The average Bonchev–Trinajstić information content (AvgIpc) is 2.88. The van der Waals surface area contributed by atoms with E-state index in [0.29, 0.717) is 11.7 Å².